The number of nitrogens with zero attached hydrogens (tertiary/aromatic N) is 2. The van der Waals surface area contributed by atoms with Crippen molar-refractivity contribution < 1.29 is 28.7 Å². The lowest BCUT2D eigenvalue weighted by Gasteiger charge is -2.46. The van der Waals surface area contributed by atoms with Gasteiger partial charge in [-0.2, -0.15) is 0 Å². The van der Waals surface area contributed by atoms with Gasteiger partial charge in [0.25, 0.3) is 11.6 Å². The lowest BCUT2D eigenvalue weighted by Crippen LogP contribution is -2.55. The molecule has 1 amide bonds. The molecule has 9 heteroatoms. The van der Waals surface area contributed by atoms with Gasteiger partial charge in [-0.3, -0.25) is 19.7 Å². The first-order valence-corrected chi connectivity index (χ1v) is 13.9. The predicted octanol–water partition coefficient (Wildman–Crippen LogP) is 6.40. The Hall–Kier alpha value is -3.10. The zero-order valence-corrected chi connectivity index (χ0v) is 23.2. The van der Waals surface area contributed by atoms with Crippen LogP contribution < -0.4 is 4.74 Å². The number of rotatable bonds is 15. The Kier molecular flexibility index (Phi) is 10.6. The molecule has 9 nitrogen and oxygen atoms in total. The molecule has 0 saturated heterocycles. The van der Waals surface area contributed by atoms with Gasteiger partial charge in [0.1, 0.15) is 23.2 Å². The fourth-order valence-electron chi connectivity index (χ4n) is 5.20. The van der Waals surface area contributed by atoms with Crippen LogP contribution >= 0.6 is 0 Å². The van der Waals surface area contributed by atoms with Crippen LogP contribution in [0.3, 0.4) is 0 Å². The standard InChI is InChI=1S/C29H42N2O7/c1-5-6-7-8-9-10-11-12-13-14-17-36-23-19-26(33)30(20-23)27-24-18-22(31(34)35)15-16-25(24)38-29(3,4)28(27)37-21(2)32/h15-16,18-19,27-28H,5-14,17,20H2,1-4H3/t27-,28+/m1/s1. The van der Waals surface area contributed by atoms with Crippen LogP contribution in [-0.2, 0) is 19.1 Å². The third-order valence-corrected chi connectivity index (χ3v) is 7.18. The minimum Gasteiger partial charge on any atom is -0.496 e. The average Bonchev–Trinajstić information content (AvgIpc) is 3.22. The van der Waals surface area contributed by atoms with E-state index in [4.69, 9.17) is 14.2 Å². The van der Waals surface area contributed by atoms with Gasteiger partial charge < -0.3 is 19.1 Å². The number of ether oxygens (including phenoxy) is 3. The molecule has 1 aromatic rings. The number of amides is 1. The van der Waals surface area contributed by atoms with Crippen molar-refractivity contribution in [2.75, 3.05) is 13.2 Å². The number of nitro groups is 1. The van der Waals surface area contributed by atoms with Crippen LogP contribution in [-0.4, -0.2) is 46.6 Å². The summed E-state index contributed by atoms with van der Waals surface area (Å²) >= 11 is 0. The van der Waals surface area contributed by atoms with Crippen LogP contribution in [0.15, 0.2) is 30.0 Å². The van der Waals surface area contributed by atoms with Crippen LogP contribution in [0.4, 0.5) is 5.69 Å². The molecule has 3 rings (SSSR count). The highest BCUT2D eigenvalue weighted by molar-refractivity contribution is 5.91. The van der Waals surface area contributed by atoms with Gasteiger partial charge in [0.15, 0.2) is 6.10 Å². The fraction of sp³-hybridized carbons (Fsp3) is 0.655. The molecule has 0 aliphatic carbocycles. The summed E-state index contributed by atoms with van der Waals surface area (Å²) in [5, 5.41) is 11.5. The molecular weight excluding hydrogens is 488 g/mol. The highest BCUT2D eigenvalue weighted by Crippen LogP contribution is 2.46. The molecule has 0 aromatic heterocycles. The quantitative estimate of drug-likeness (QED) is 0.112. The molecule has 0 unspecified atom stereocenters. The molecule has 0 bridgehead atoms. The van der Waals surface area contributed by atoms with Gasteiger partial charge in [-0.1, -0.05) is 64.7 Å². The van der Waals surface area contributed by atoms with E-state index in [1.165, 1.54) is 82.6 Å². The zero-order valence-electron chi connectivity index (χ0n) is 23.2. The molecule has 0 spiro atoms. The maximum absolute atomic E-state index is 13.1. The van der Waals surface area contributed by atoms with E-state index in [9.17, 15) is 19.7 Å². The summed E-state index contributed by atoms with van der Waals surface area (Å²) in [6.07, 6.45) is 12.9. The van der Waals surface area contributed by atoms with Gasteiger partial charge in [-0.05, 0) is 26.3 Å². The van der Waals surface area contributed by atoms with E-state index < -0.39 is 28.6 Å². The van der Waals surface area contributed by atoms with Crippen molar-refractivity contribution in [1.82, 2.24) is 4.90 Å². The van der Waals surface area contributed by atoms with Crippen molar-refractivity contribution in [3.63, 3.8) is 0 Å². The Morgan fingerprint density at radius 1 is 1.11 bits per heavy atom. The van der Waals surface area contributed by atoms with Gasteiger partial charge in [-0.25, -0.2) is 0 Å². The lowest BCUT2D eigenvalue weighted by molar-refractivity contribution is -0.385. The number of nitro benzene ring substituents is 1. The van der Waals surface area contributed by atoms with E-state index in [0.29, 0.717) is 23.7 Å². The summed E-state index contributed by atoms with van der Waals surface area (Å²) < 4.78 is 17.7. The molecule has 210 valence electrons. The second kappa shape index (κ2) is 13.6. The molecule has 38 heavy (non-hydrogen) atoms. The van der Waals surface area contributed by atoms with Crippen LogP contribution in [0.1, 0.15) is 104 Å². The van der Waals surface area contributed by atoms with E-state index in [1.807, 2.05) is 0 Å². The Morgan fingerprint density at radius 3 is 2.34 bits per heavy atom. The number of benzene rings is 1. The Morgan fingerprint density at radius 2 is 1.74 bits per heavy atom. The molecule has 2 aliphatic heterocycles. The number of unbranched alkanes of at least 4 members (excludes halogenated alkanes) is 9. The number of esters is 1. The zero-order chi connectivity index (χ0) is 27.7. The minimum atomic E-state index is -0.973. The monoisotopic (exact) mass is 530 g/mol. The van der Waals surface area contributed by atoms with Gasteiger partial charge in [-0.15, -0.1) is 0 Å². The summed E-state index contributed by atoms with van der Waals surface area (Å²) in [5.74, 6) is 0.147. The number of fused-ring (bicyclic) bond motifs is 1. The van der Waals surface area contributed by atoms with E-state index in [-0.39, 0.29) is 18.1 Å². The van der Waals surface area contributed by atoms with Crippen molar-refractivity contribution in [3.8, 4) is 5.75 Å². The van der Waals surface area contributed by atoms with Gasteiger partial charge in [0.05, 0.1) is 18.1 Å². The van der Waals surface area contributed by atoms with Gasteiger partial charge >= 0.3 is 5.97 Å². The van der Waals surface area contributed by atoms with E-state index in [2.05, 4.69) is 6.92 Å². The molecule has 0 radical (unpaired) electrons. The third-order valence-electron chi connectivity index (χ3n) is 7.18. The Balaban J connectivity index is 1.60. The number of hydrogen-bond donors (Lipinski definition) is 0. The van der Waals surface area contributed by atoms with Crippen molar-refractivity contribution >= 4 is 17.6 Å². The maximum atomic E-state index is 13.1. The van der Waals surface area contributed by atoms with Crippen molar-refractivity contribution in [3.05, 3.63) is 45.7 Å². The van der Waals surface area contributed by atoms with Crippen LogP contribution in [0.25, 0.3) is 0 Å². The third kappa shape index (κ3) is 7.71. The molecule has 2 aliphatic rings. The Bertz CT molecular complexity index is 1020. The second-order valence-corrected chi connectivity index (χ2v) is 10.8. The number of carbonyl (C=O) groups excluding carboxylic acids is 2. The average molecular weight is 531 g/mol. The second-order valence-electron chi connectivity index (χ2n) is 10.8. The smallest absolute Gasteiger partial charge is 0.303 e. The van der Waals surface area contributed by atoms with Crippen LogP contribution in [0, 0.1) is 10.1 Å². The van der Waals surface area contributed by atoms with E-state index >= 15 is 0 Å². The van der Waals surface area contributed by atoms with E-state index in [0.717, 1.165) is 12.8 Å². The van der Waals surface area contributed by atoms with Crippen molar-refractivity contribution in [2.45, 2.75) is 110 Å². The number of carbonyl (C=O) groups is 2. The van der Waals surface area contributed by atoms with Gasteiger partial charge in [0, 0.05) is 30.7 Å². The summed E-state index contributed by atoms with van der Waals surface area (Å²) in [7, 11) is 0. The first-order valence-electron chi connectivity index (χ1n) is 13.9. The summed E-state index contributed by atoms with van der Waals surface area (Å²) in [4.78, 5) is 37.6. The highest BCUT2D eigenvalue weighted by atomic mass is 16.6. The molecule has 0 saturated carbocycles. The largest absolute Gasteiger partial charge is 0.496 e. The maximum Gasteiger partial charge on any atom is 0.303 e. The van der Waals surface area contributed by atoms with Crippen LogP contribution in [0.2, 0.25) is 0 Å². The Labute approximate surface area is 225 Å². The SMILES string of the molecule is CCCCCCCCCCCCOC1=CC(=O)N([C@@H]2c3cc([N+](=O)[O-])ccc3OC(C)(C)[C@H]2OC(C)=O)C1. The fourth-order valence-corrected chi connectivity index (χ4v) is 5.20. The molecule has 2 heterocycles. The number of hydrogen-bond acceptors (Lipinski definition) is 7. The summed E-state index contributed by atoms with van der Waals surface area (Å²) in [5.41, 5.74) is -0.669. The van der Waals surface area contributed by atoms with Crippen LogP contribution in [0.5, 0.6) is 5.75 Å². The normalized spacial score (nSPS) is 19.9. The predicted molar refractivity (Wildman–Crippen MR) is 144 cm³/mol. The highest BCUT2D eigenvalue weighted by Gasteiger charge is 2.51. The summed E-state index contributed by atoms with van der Waals surface area (Å²) in [6, 6.07) is 3.52. The summed E-state index contributed by atoms with van der Waals surface area (Å²) in [6.45, 7) is 7.79. The molecule has 0 N–H and O–H groups in total. The first-order chi connectivity index (χ1) is 18.1. The number of non-ortho nitro benzene ring substituents is 1. The minimum absolute atomic E-state index is 0.129. The van der Waals surface area contributed by atoms with Crippen molar-refractivity contribution in [2.24, 2.45) is 0 Å². The van der Waals surface area contributed by atoms with E-state index in [1.54, 1.807) is 18.7 Å². The molecular formula is C29H42N2O7. The van der Waals surface area contributed by atoms with Gasteiger partial charge in [0.2, 0.25) is 0 Å². The van der Waals surface area contributed by atoms with Crippen molar-refractivity contribution in [1.29, 1.82) is 0 Å². The lowest BCUT2D eigenvalue weighted by atomic mass is 9.85. The molecule has 0 fully saturated rings. The topological polar surface area (TPSA) is 108 Å². The first kappa shape index (κ1) is 29.5. The molecule has 1 aromatic carbocycles. The molecule has 2 atom stereocenters.